The molecule has 0 saturated heterocycles. The molecule has 0 unspecified atom stereocenters. The standard InChI is InChI=1S/C9H19NO3/c1-4-12-6-5-10-7-9(11)13-8(2)3/h8,10H,4-7H2,1-3H3. The smallest absolute Gasteiger partial charge is 0.320 e. The highest BCUT2D eigenvalue weighted by Crippen LogP contribution is 1.87. The van der Waals surface area contributed by atoms with E-state index in [2.05, 4.69) is 5.32 Å². The molecule has 0 aromatic heterocycles. The van der Waals surface area contributed by atoms with Gasteiger partial charge in [0.1, 0.15) is 0 Å². The maximum Gasteiger partial charge on any atom is 0.320 e. The van der Waals surface area contributed by atoms with Crippen molar-refractivity contribution in [2.24, 2.45) is 0 Å². The Kier molecular flexibility index (Phi) is 7.63. The molecule has 0 rings (SSSR count). The second-order valence-corrected chi connectivity index (χ2v) is 2.91. The van der Waals surface area contributed by atoms with Gasteiger partial charge in [0, 0.05) is 13.2 Å². The maximum atomic E-state index is 11.0. The van der Waals surface area contributed by atoms with E-state index in [1.807, 2.05) is 20.8 Å². The molecule has 0 aliphatic carbocycles. The zero-order valence-corrected chi connectivity index (χ0v) is 8.63. The fourth-order valence-electron chi connectivity index (χ4n) is 0.784. The average Bonchev–Trinajstić information content (AvgIpc) is 2.02. The van der Waals surface area contributed by atoms with Gasteiger partial charge >= 0.3 is 5.97 Å². The molecule has 78 valence electrons. The Morgan fingerprint density at radius 2 is 2.15 bits per heavy atom. The van der Waals surface area contributed by atoms with E-state index < -0.39 is 0 Å². The number of nitrogens with one attached hydrogen (secondary N) is 1. The summed E-state index contributed by atoms with van der Waals surface area (Å²) in [6, 6.07) is 0. The highest BCUT2D eigenvalue weighted by Gasteiger charge is 2.03. The van der Waals surface area contributed by atoms with Gasteiger partial charge in [0.2, 0.25) is 0 Å². The van der Waals surface area contributed by atoms with E-state index in [1.165, 1.54) is 0 Å². The summed E-state index contributed by atoms with van der Waals surface area (Å²) >= 11 is 0. The number of carbonyl (C=O) groups is 1. The lowest BCUT2D eigenvalue weighted by atomic mass is 10.5. The van der Waals surface area contributed by atoms with Gasteiger partial charge in [0.15, 0.2) is 0 Å². The monoisotopic (exact) mass is 189 g/mol. The first-order chi connectivity index (χ1) is 6.16. The van der Waals surface area contributed by atoms with Crippen LogP contribution < -0.4 is 5.32 Å². The van der Waals surface area contributed by atoms with E-state index in [-0.39, 0.29) is 18.6 Å². The molecule has 0 amide bonds. The number of hydrogen-bond acceptors (Lipinski definition) is 4. The summed E-state index contributed by atoms with van der Waals surface area (Å²) in [6.07, 6.45) is -0.0406. The number of hydrogen-bond donors (Lipinski definition) is 1. The van der Waals surface area contributed by atoms with Crippen LogP contribution in [0.2, 0.25) is 0 Å². The van der Waals surface area contributed by atoms with Crippen molar-refractivity contribution in [1.29, 1.82) is 0 Å². The summed E-state index contributed by atoms with van der Waals surface area (Å²) in [6.45, 7) is 7.87. The molecule has 0 spiro atoms. The lowest BCUT2D eigenvalue weighted by molar-refractivity contribution is -0.146. The van der Waals surface area contributed by atoms with Gasteiger partial charge in [-0.1, -0.05) is 0 Å². The first kappa shape index (κ1) is 12.4. The van der Waals surface area contributed by atoms with E-state index in [0.717, 1.165) is 0 Å². The van der Waals surface area contributed by atoms with Gasteiger partial charge in [-0.05, 0) is 20.8 Å². The molecule has 0 atom stereocenters. The molecule has 0 aromatic rings. The molecule has 0 aliphatic rings. The molecule has 0 aliphatic heterocycles. The Labute approximate surface area is 79.6 Å². The Bertz CT molecular complexity index is 137. The van der Waals surface area contributed by atoms with E-state index >= 15 is 0 Å². The first-order valence-electron chi connectivity index (χ1n) is 4.64. The third-order valence-electron chi connectivity index (χ3n) is 1.26. The van der Waals surface area contributed by atoms with Crippen molar-refractivity contribution in [2.45, 2.75) is 26.9 Å². The van der Waals surface area contributed by atoms with Gasteiger partial charge in [-0.25, -0.2) is 0 Å². The summed E-state index contributed by atoms with van der Waals surface area (Å²) < 4.78 is 10.00. The van der Waals surface area contributed by atoms with E-state index in [4.69, 9.17) is 9.47 Å². The van der Waals surface area contributed by atoms with Crippen LogP contribution in [0.3, 0.4) is 0 Å². The second kappa shape index (κ2) is 8.01. The fourth-order valence-corrected chi connectivity index (χ4v) is 0.784. The summed E-state index contributed by atoms with van der Waals surface area (Å²) in [4.78, 5) is 11.0. The van der Waals surface area contributed by atoms with Crippen LogP contribution in [-0.2, 0) is 14.3 Å². The van der Waals surface area contributed by atoms with Crippen LogP contribution in [0.4, 0.5) is 0 Å². The molecule has 1 N–H and O–H groups in total. The van der Waals surface area contributed by atoms with Gasteiger partial charge in [-0.2, -0.15) is 0 Å². The van der Waals surface area contributed by atoms with E-state index in [1.54, 1.807) is 0 Å². The minimum Gasteiger partial charge on any atom is -0.462 e. The van der Waals surface area contributed by atoms with Crippen LogP contribution in [0.5, 0.6) is 0 Å². The maximum absolute atomic E-state index is 11.0. The second-order valence-electron chi connectivity index (χ2n) is 2.91. The summed E-state index contributed by atoms with van der Waals surface area (Å²) in [5.41, 5.74) is 0. The highest BCUT2D eigenvalue weighted by molar-refractivity contribution is 5.71. The van der Waals surface area contributed by atoms with Crippen LogP contribution in [-0.4, -0.2) is 38.4 Å². The Morgan fingerprint density at radius 1 is 1.46 bits per heavy atom. The number of esters is 1. The molecular weight excluding hydrogens is 170 g/mol. The lowest BCUT2D eigenvalue weighted by Crippen LogP contribution is -2.29. The molecule has 0 radical (unpaired) electrons. The van der Waals surface area contributed by atoms with Crippen molar-refractivity contribution in [2.75, 3.05) is 26.3 Å². The normalized spacial score (nSPS) is 10.5. The molecule has 4 nitrogen and oxygen atoms in total. The number of rotatable bonds is 7. The highest BCUT2D eigenvalue weighted by atomic mass is 16.5. The van der Waals surface area contributed by atoms with Crippen LogP contribution >= 0.6 is 0 Å². The van der Waals surface area contributed by atoms with Crippen LogP contribution in [0.1, 0.15) is 20.8 Å². The molecule has 13 heavy (non-hydrogen) atoms. The zero-order valence-electron chi connectivity index (χ0n) is 8.63. The van der Waals surface area contributed by atoms with Crippen molar-refractivity contribution in [3.05, 3.63) is 0 Å². The Hall–Kier alpha value is -0.610. The average molecular weight is 189 g/mol. The van der Waals surface area contributed by atoms with Crippen LogP contribution in [0, 0.1) is 0 Å². The molecule has 0 saturated carbocycles. The molecular formula is C9H19NO3. The first-order valence-corrected chi connectivity index (χ1v) is 4.64. The predicted molar refractivity (Wildman–Crippen MR) is 50.6 cm³/mol. The van der Waals surface area contributed by atoms with Gasteiger partial charge in [0.05, 0.1) is 19.3 Å². The third-order valence-corrected chi connectivity index (χ3v) is 1.26. The Morgan fingerprint density at radius 3 is 2.69 bits per heavy atom. The third kappa shape index (κ3) is 9.30. The van der Waals surface area contributed by atoms with Crippen molar-refractivity contribution in [3.63, 3.8) is 0 Å². The van der Waals surface area contributed by atoms with Gasteiger partial charge in [-0.15, -0.1) is 0 Å². The SMILES string of the molecule is CCOCCNCC(=O)OC(C)C. The topological polar surface area (TPSA) is 47.6 Å². The van der Waals surface area contributed by atoms with Crippen LogP contribution in [0.15, 0.2) is 0 Å². The quantitative estimate of drug-likeness (QED) is 0.469. The zero-order chi connectivity index (χ0) is 10.1. The van der Waals surface area contributed by atoms with Gasteiger partial charge in [-0.3, -0.25) is 4.79 Å². The summed E-state index contributed by atoms with van der Waals surface area (Å²) in [7, 11) is 0. The van der Waals surface area contributed by atoms with Gasteiger partial charge in [0.25, 0.3) is 0 Å². The largest absolute Gasteiger partial charge is 0.462 e. The number of ether oxygens (including phenoxy) is 2. The van der Waals surface area contributed by atoms with Crippen LogP contribution in [0.25, 0.3) is 0 Å². The summed E-state index contributed by atoms with van der Waals surface area (Å²) in [5, 5.41) is 2.93. The summed E-state index contributed by atoms with van der Waals surface area (Å²) in [5.74, 6) is -0.216. The molecule has 0 aromatic carbocycles. The van der Waals surface area contributed by atoms with Gasteiger partial charge < -0.3 is 14.8 Å². The molecule has 0 heterocycles. The Balaban J connectivity index is 3.17. The van der Waals surface area contributed by atoms with E-state index in [0.29, 0.717) is 19.8 Å². The minimum absolute atomic E-state index is 0.0406. The van der Waals surface area contributed by atoms with Crippen molar-refractivity contribution >= 4 is 5.97 Å². The molecule has 4 heteroatoms. The fraction of sp³-hybridized carbons (Fsp3) is 0.889. The minimum atomic E-state index is -0.216. The van der Waals surface area contributed by atoms with Crippen molar-refractivity contribution in [3.8, 4) is 0 Å². The van der Waals surface area contributed by atoms with E-state index in [9.17, 15) is 4.79 Å². The number of carbonyl (C=O) groups excluding carboxylic acids is 1. The molecule has 0 bridgehead atoms. The van der Waals surface area contributed by atoms with Crippen molar-refractivity contribution in [1.82, 2.24) is 5.32 Å². The molecule has 0 fully saturated rings. The van der Waals surface area contributed by atoms with Crippen molar-refractivity contribution < 1.29 is 14.3 Å². The predicted octanol–water partition coefficient (Wildman–Crippen LogP) is 0.564. The lowest BCUT2D eigenvalue weighted by Gasteiger charge is -2.08.